The molecule has 0 atom stereocenters. The van der Waals surface area contributed by atoms with Gasteiger partial charge in [-0.2, -0.15) is 0 Å². The van der Waals surface area contributed by atoms with E-state index >= 15 is 0 Å². The van der Waals surface area contributed by atoms with Crippen LogP contribution in [0.2, 0.25) is 0 Å². The Labute approximate surface area is 84.2 Å². The maximum Gasteiger partial charge on any atom is 0.130 e. The smallest absolute Gasteiger partial charge is 0.130 e. The van der Waals surface area contributed by atoms with Gasteiger partial charge in [-0.1, -0.05) is 25.8 Å². The van der Waals surface area contributed by atoms with Crippen molar-refractivity contribution < 1.29 is 9.84 Å². The summed E-state index contributed by atoms with van der Waals surface area (Å²) < 4.78 is 5.39. The Morgan fingerprint density at radius 3 is 2.57 bits per heavy atom. The molecule has 0 radical (unpaired) electrons. The van der Waals surface area contributed by atoms with E-state index in [9.17, 15) is 0 Å². The maximum absolute atomic E-state index is 9.00. The van der Waals surface area contributed by atoms with Gasteiger partial charge in [-0.15, -0.1) is 0 Å². The van der Waals surface area contributed by atoms with Crippen LogP contribution in [0, 0.1) is 0 Å². The molecule has 0 amide bonds. The molecular weight excluding hydrogens is 176 g/mol. The minimum absolute atomic E-state index is 0.0436. The molecule has 0 aromatic rings. The van der Waals surface area contributed by atoms with Gasteiger partial charge < -0.3 is 9.84 Å². The molecule has 0 saturated carbocycles. The van der Waals surface area contributed by atoms with Crippen molar-refractivity contribution in [2.75, 3.05) is 6.61 Å². The predicted octanol–water partition coefficient (Wildman–Crippen LogP) is 3.03. The van der Waals surface area contributed by atoms with Gasteiger partial charge in [-0.3, -0.25) is 0 Å². The van der Waals surface area contributed by atoms with E-state index in [1.54, 1.807) is 0 Å². The second kappa shape index (κ2) is 4.01. The van der Waals surface area contributed by atoms with Crippen molar-refractivity contribution in [3.63, 3.8) is 0 Å². The summed E-state index contributed by atoms with van der Waals surface area (Å²) in [5.41, 5.74) is 2.57. The number of ether oxygens (including phenoxy) is 1. The molecule has 0 aromatic heterocycles. The van der Waals surface area contributed by atoms with Crippen LogP contribution in [-0.4, -0.2) is 11.7 Å². The first-order valence-electron chi connectivity index (χ1n) is 4.32. The van der Waals surface area contributed by atoms with E-state index in [2.05, 4.69) is 19.7 Å². The van der Waals surface area contributed by atoms with Gasteiger partial charge >= 0.3 is 0 Å². The summed E-state index contributed by atoms with van der Waals surface area (Å²) in [6, 6.07) is 0. The summed E-state index contributed by atoms with van der Waals surface area (Å²) in [5.74, 6) is 0.492. The van der Waals surface area contributed by atoms with Crippen molar-refractivity contribution in [1.82, 2.24) is 0 Å². The highest BCUT2D eigenvalue weighted by atomic mass is 16.5. The molecule has 0 bridgehead atoms. The molecule has 1 N–H and O–H groups in total. The normalized spacial score (nSPS) is 22.6. The SMILES string of the molecule is C=C(O)/C=C1/OC/C(=C/C)C(=C)C1=C. The quantitative estimate of drug-likeness (QED) is 0.644. The van der Waals surface area contributed by atoms with Gasteiger partial charge in [0.05, 0.1) is 0 Å². The zero-order chi connectivity index (χ0) is 10.7. The molecule has 2 nitrogen and oxygen atoms in total. The van der Waals surface area contributed by atoms with Crippen LogP contribution in [0.25, 0.3) is 0 Å². The zero-order valence-corrected chi connectivity index (χ0v) is 8.34. The summed E-state index contributed by atoms with van der Waals surface area (Å²) in [5, 5.41) is 9.00. The van der Waals surface area contributed by atoms with E-state index in [4.69, 9.17) is 9.84 Å². The lowest BCUT2D eigenvalue weighted by Crippen LogP contribution is -2.11. The van der Waals surface area contributed by atoms with E-state index in [1.807, 2.05) is 13.0 Å². The van der Waals surface area contributed by atoms with Crippen LogP contribution in [-0.2, 0) is 4.74 Å². The van der Waals surface area contributed by atoms with Gasteiger partial charge in [0, 0.05) is 11.6 Å². The van der Waals surface area contributed by atoms with Crippen LogP contribution < -0.4 is 0 Å². The highest BCUT2D eigenvalue weighted by molar-refractivity contribution is 5.54. The van der Waals surface area contributed by atoms with Crippen LogP contribution in [0.15, 0.2) is 60.1 Å². The molecule has 1 aliphatic heterocycles. The number of hydrogen-bond acceptors (Lipinski definition) is 2. The van der Waals surface area contributed by atoms with Crippen molar-refractivity contribution in [1.29, 1.82) is 0 Å². The Balaban J connectivity index is 2.96. The lowest BCUT2D eigenvalue weighted by molar-refractivity contribution is 0.238. The molecule has 0 aliphatic carbocycles. The molecule has 0 unspecified atom stereocenters. The van der Waals surface area contributed by atoms with Gasteiger partial charge in [0.2, 0.25) is 0 Å². The molecule has 14 heavy (non-hydrogen) atoms. The van der Waals surface area contributed by atoms with E-state index in [-0.39, 0.29) is 5.76 Å². The fourth-order valence-corrected chi connectivity index (χ4v) is 1.21. The molecule has 1 fully saturated rings. The van der Waals surface area contributed by atoms with Crippen molar-refractivity contribution >= 4 is 0 Å². The highest BCUT2D eigenvalue weighted by Crippen LogP contribution is 2.30. The summed E-state index contributed by atoms with van der Waals surface area (Å²) in [6.45, 7) is 13.5. The van der Waals surface area contributed by atoms with E-state index in [1.165, 1.54) is 6.08 Å². The fourth-order valence-electron chi connectivity index (χ4n) is 1.21. The molecule has 1 aliphatic rings. The number of aliphatic hydroxyl groups excluding tert-OH is 1. The first-order chi connectivity index (χ1) is 6.56. The summed E-state index contributed by atoms with van der Waals surface area (Å²) in [7, 11) is 0. The van der Waals surface area contributed by atoms with E-state index in [0.717, 1.165) is 11.1 Å². The van der Waals surface area contributed by atoms with Crippen molar-refractivity contribution in [3.8, 4) is 0 Å². The van der Waals surface area contributed by atoms with Crippen molar-refractivity contribution in [2.45, 2.75) is 6.92 Å². The predicted molar refractivity (Wildman–Crippen MR) is 57.8 cm³/mol. The average Bonchev–Trinajstić information content (AvgIpc) is 2.13. The van der Waals surface area contributed by atoms with Crippen LogP contribution in [0.3, 0.4) is 0 Å². The minimum Gasteiger partial charge on any atom is -0.508 e. The van der Waals surface area contributed by atoms with Gasteiger partial charge in [0.25, 0.3) is 0 Å². The van der Waals surface area contributed by atoms with Crippen molar-refractivity contribution in [3.05, 3.63) is 60.1 Å². The number of allylic oxidation sites excluding steroid dienone is 3. The molecule has 1 saturated heterocycles. The van der Waals surface area contributed by atoms with Crippen LogP contribution in [0.1, 0.15) is 6.92 Å². The van der Waals surface area contributed by atoms with E-state index in [0.29, 0.717) is 17.9 Å². The highest BCUT2D eigenvalue weighted by Gasteiger charge is 2.18. The number of aliphatic hydroxyl groups is 1. The molecule has 1 heterocycles. The Morgan fingerprint density at radius 2 is 2.07 bits per heavy atom. The standard InChI is InChI=1S/C12H14O2/c1-5-11-7-14-12(6-8(2)13)10(4)9(11)3/h5-6,13H,2-4,7H2,1H3/b11-5-,12-6+. The topological polar surface area (TPSA) is 29.5 Å². The Bertz CT molecular complexity index is 357. The largest absolute Gasteiger partial charge is 0.508 e. The second-order valence-electron chi connectivity index (χ2n) is 3.06. The summed E-state index contributed by atoms with van der Waals surface area (Å²) in [6.07, 6.45) is 3.39. The minimum atomic E-state index is -0.0436. The Morgan fingerprint density at radius 1 is 1.43 bits per heavy atom. The average molecular weight is 190 g/mol. The van der Waals surface area contributed by atoms with Crippen LogP contribution in [0.4, 0.5) is 0 Å². The Hall–Kier alpha value is -1.70. The van der Waals surface area contributed by atoms with Crippen LogP contribution >= 0.6 is 0 Å². The summed E-state index contributed by atoms with van der Waals surface area (Å²) >= 11 is 0. The molecule has 0 aromatic carbocycles. The third-order valence-electron chi connectivity index (χ3n) is 2.08. The monoisotopic (exact) mass is 190 g/mol. The van der Waals surface area contributed by atoms with Crippen molar-refractivity contribution in [2.24, 2.45) is 0 Å². The fraction of sp³-hybridized carbons (Fsp3) is 0.167. The molecule has 2 heteroatoms. The molecular formula is C12H14O2. The summed E-state index contributed by atoms with van der Waals surface area (Å²) in [4.78, 5) is 0. The van der Waals surface area contributed by atoms with Gasteiger partial charge in [0.15, 0.2) is 0 Å². The molecule has 1 rings (SSSR count). The van der Waals surface area contributed by atoms with Gasteiger partial charge in [-0.25, -0.2) is 0 Å². The maximum atomic E-state index is 9.00. The first kappa shape index (κ1) is 10.4. The second-order valence-corrected chi connectivity index (χ2v) is 3.06. The molecule has 74 valence electrons. The zero-order valence-electron chi connectivity index (χ0n) is 8.34. The lowest BCUT2D eigenvalue weighted by atomic mass is 9.96. The third kappa shape index (κ3) is 1.96. The van der Waals surface area contributed by atoms with Gasteiger partial charge in [-0.05, 0) is 18.1 Å². The number of rotatable bonds is 1. The van der Waals surface area contributed by atoms with Gasteiger partial charge in [0.1, 0.15) is 18.1 Å². The lowest BCUT2D eigenvalue weighted by Gasteiger charge is -2.23. The van der Waals surface area contributed by atoms with E-state index < -0.39 is 0 Å². The third-order valence-corrected chi connectivity index (χ3v) is 2.08. The number of hydrogen-bond donors (Lipinski definition) is 1. The van der Waals surface area contributed by atoms with Crippen LogP contribution in [0.5, 0.6) is 0 Å². The molecule has 0 spiro atoms. The first-order valence-corrected chi connectivity index (χ1v) is 4.32. The Kier molecular flexibility index (Phi) is 2.97.